The maximum absolute atomic E-state index is 12.9. The summed E-state index contributed by atoms with van der Waals surface area (Å²) in [5.74, 6) is -0.536. The van der Waals surface area contributed by atoms with E-state index in [1.807, 2.05) is 26.0 Å². The molecule has 5 rings (SSSR count). The molecule has 1 saturated heterocycles. The molecule has 2 aliphatic rings. The van der Waals surface area contributed by atoms with Crippen molar-refractivity contribution in [3.8, 4) is 0 Å². The first kappa shape index (κ1) is 20.4. The lowest BCUT2D eigenvalue weighted by molar-refractivity contribution is 0.100. The average Bonchev–Trinajstić information content (AvgIpc) is 3.53. The Hall–Kier alpha value is -3.46. The molecule has 0 atom stereocenters. The summed E-state index contributed by atoms with van der Waals surface area (Å²) in [4.78, 5) is 38.5. The molecule has 0 radical (unpaired) electrons. The number of piperazine rings is 1. The Kier molecular flexibility index (Phi) is 5.05. The first-order valence-electron chi connectivity index (χ1n) is 11.0. The Morgan fingerprint density at radius 1 is 1.06 bits per heavy atom. The lowest BCUT2D eigenvalue weighted by Gasteiger charge is -2.36. The summed E-state index contributed by atoms with van der Waals surface area (Å²) in [6.07, 6.45) is 4.26. The highest BCUT2D eigenvalue weighted by Crippen LogP contribution is 2.29. The van der Waals surface area contributed by atoms with Crippen LogP contribution in [0.15, 0.2) is 30.5 Å². The summed E-state index contributed by atoms with van der Waals surface area (Å²) < 4.78 is 1.77. The Labute approximate surface area is 186 Å². The summed E-state index contributed by atoms with van der Waals surface area (Å²) in [5, 5.41) is 2.79. The van der Waals surface area contributed by atoms with Crippen molar-refractivity contribution in [1.29, 1.82) is 0 Å². The van der Waals surface area contributed by atoms with E-state index in [-0.39, 0.29) is 11.3 Å². The predicted octanol–water partition coefficient (Wildman–Crippen LogP) is 1.98. The van der Waals surface area contributed by atoms with Crippen LogP contribution in [0.5, 0.6) is 0 Å². The van der Waals surface area contributed by atoms with E-state index < -0.39 is 11.8 Å². The third-order valence-corrected chi connectivity index (χ3v) is 6.25. The molecule has 1 aliphatic carbocycles. The van der Waals surface area contributed by atoms with Gasteiger partial charge in [0, 0.05) is 55.5 Å². The number of carbonyl (C=O) groups excluding carboxylic acids is 2. The number of benzene rings is 1. The topological polar surface area (TPSA) is 109 Å². The summed E-state index contributed by atoms with van der Waals surface area (Å²) in [6.45, 7) is 7.68. The monoisotopic (exact) mass is 433 g/mol. The van der Waals surface area contributed by atoms with Gasteiger partial charge in [0.1, 0.15) is 5.69 Å². The molecule has 3 aromatic rings. The van der Waals surface area contributed by atoms with Crippen LogP contribution < -0.4 is 16.0 Å². The minimum absolute atomic E-state index is 0.224. The number of primary amides is 1. The van der Waals surface area contributed by atoms with Gasteiger partial charge in [-0.05, 0) is 51.0 Å². The molecule has 32 heavy (non-hydrogen) atoms. The fourth-order valence-electron chi connectivity index (χ4n) is 4.39. The Morgan fingerprint density at radius 3 is 2.50 bits per heavy atom. The van der Waals surface area contributed by atoms with E-state index in [2.05, 4.69) is 25.1 Å². The zero-order valence-electron chi connectivity index (χ0n) is 18.3. The van der Waals surface area contributed by atoms with E-state index in [9.17, 15) is 9.59 Å². The van der Waals surface area contributed by atoms with Gasteiger partial charge in [-0.2, -0.15) is 0 Å². The Bertz CT molecular complexity index is 1210. The number of nitrogens with one attached hydrogen (secondary N) is 1. The third-order valence-electron chi connectivity index (χ3n) is 6.25. The number of amides is 2. The number of aromatic nitrogens is 3. The molecule has 0 unspecified atom stereocenters. The van der Waals surface area contributed by atoms with Gasteiger partial charge < -0.3 is 16.0 Å². The first-order valence-corrected chi connectivity index (χ1v) is 11.0. The third kappa shape index (κ3) is 3.91. The van der Waals surface area contributed by atoms with E-state index in [0.717, 1.165) is 49.3 Å². The molecule has 3 heterocycles. The first-order chi connectivity index (χ1) is 15.4. The average molecular weight is 434 g/mol. The minimum atomic E-state index is -0.582. The van der Waals surface area contributed by atoms with Gasteiger partial charge in [0.15, 0.2) is 0 Å². The second-order valence-corrected chi connectivity index (χ2v) is 8.64. The molecule has 1 aromatic carbocycles. The van der Waals surface area contributed by atoms with Gasteiger partial charge in [-0.15, -0.1) is 0 Å². The fraction of sp³-hybridized carbons (Fsp3) is 0.391. The summed E-state index contributed by atoms with van der Waals surface area (Å²) >= 11 is 0. The highest BCUT2D eigenvalue weighted by atomic mass is 16.2. The van der Waals surface area contributed by atoms with Crippen molar-refractivity contribution >= 4 is 29.0 Å². The van der Waals surface area contributed by atoms with E-state index in [4.69, 9.17) is 5.73 Å². The van der Waals surface area contributed by atoms with Crippen molar-refractivity contribution in [3.63, 3.8) is 0 Å². The van der Waals surface area contributed by atoms with Crippen molar-refractivity contribution in [3.05, 3.63) is 53.1 Å². The molecule has 9 heteroatoms. The quantitative estimate of drug-likeness (QED) is 0.637. The lowest BCUT2D eigenvalue weighted by Crippen LogP contribution is -2.47. The summed E-state index contributed by atoms with van der Waals surface area (Å²) in [7, 11) is 0. The number of nitrogens with zero attached hydrogens (tertiary/aromatic N) is 5. The number of imidazole rings is 1. The molecule has 9 nitrogen and oxygen atoms in total. The Morgan fingerprint density at radius 2 is 1.81 bits per heavy atom. The molecule has 2 aromatic heterocycles. The van der Waals surface area contributed by atoms with Gasteiger partial charge in [0.2, 0.25) is 5.78 Å². The van der Waals surface area contributed by atoms with E-state index in [1.54, 1.807) is 22.7 Å². The van der Waals surface area contributed by atoms with Crippen LogP contribution in [0.1, 0.15) is 45.1 Å². The number of rotatable bonds is 5. The standard InChI is InChI=1S/C23H27N7O2/c1-14-11-15(2)30-13-20(27-23(30)25-14)22(32)26-19-6-5-17(12-18(19)21(24)31)29-9-7-28(8-10-29)16-3-4-16/h5-6,11-13,16H,3-4,7-10H2,1-2H3,(H2,24,31)(H,26,32). The molecule has 0 spiro atoms. The van der Waals surface area contributed by atoms with E-state index >= 15 is 0 Å². The molecule has 0 bridgehead atoms. The normalized spacial score (nSPS) is 17.0. The molecule has 2 fully saturated rings. The molecule has 3 N–H and O–H groups in total. The van der Waals surface area contributed by atoms with Crippen LogP contribution in [0.3, 0.4) is 0 Å². The largest absolute Gasteiger partial charge is 0.369 e. The maximum Gasteiger partial charge on any atom is 0.275 e. The van der Waals surface area contributed by atoms with Gasteiger partial charge in [-0.1, -0.05) is 0 Å². The van der Waals surface area contributed by atoms with Crippen LogP contribution in [0, 0.1) is 13.8 Å². The lowest BCUT2D eigenvalue weighted by atomic mass is 10.1. The van der Waals surface area contributed by atoms with Gasteiger partial charge in [0.25, 0.3) is 11.8 Å². The van der Waals surface area contributed by atoms with Crippen molar-refractivity contribution < 1.29 is 9.59 Å². The number of nitrogens with two attached hydrogens (primary N) is 1. The number of hydrogen-bond donors (Lipinski definition) is 2. The van der Waals surface area contributed by atoms with Crippen molar-refractivity contribution in [2.24, 2.45) is 5.73 Å². The number of aryl methyl sites for hydroxylation is 2. The van der Waals surface area contributed by atoms with Gasteiger partial charge in [0.05, 0.1) is 11.3 Å². The summed E-state index contributed by atoms with van der Waals surface area (Å²) in [6, 6.07) is 8.12. The second-order valence-electron chi connectivity index (χ2n) is 8.64. The molecule has 166 valence electrons. The second kappa shape index (κ2) is 7.90. The molecular weight excluding hydrogens is 406 g/mol. The van der Waals surface area contributed by atoms with Gasteiger partial charge in [-0.25, -0.2) is 9.97 Å². The highest BCUT2D eigenvalue weighted by Gasteiger charge is 2.31. The number of carbonyl (C=O) groups is 2. The maximum atomic E-state index is 12.9. The zero-order valence-corrected chi connectivity index (χ0v) is 18.3. The molecular formula is C23H27N7O2. The number of hydrogen-bond acceptors (Lipinski definition) is 6. The van der Waals surface area contributed by atoms with Crippen LogP contribution in [0.25, 0.3) is 5.78 Å². The van der Waals surface area contributed by atoms with Gasteiger partial charge in [-0.3, -0.25) is 18.9 Å². The van der Waals surface area contributed by atoms with Crippen LogP contribution in [-0.4, -0.2) is 63.3 Å². The smallest absolute Gasteiger partial charge is 0.275 e. The van der Waals surface area contributed by atoms with Crippen molar-refractivity contribution in [2.45, 2.75) is 32.7 Å². The van der Waals surface area contributed by atoms with Crippen LogP contribution in [0.4, 0.5) is 11.4 Å². The molecule has 1 saturated carbocycles. The van der Waals surface area contributed by atoms with Crippen LogP contribution in [-0.2, 0) is 0 Å². The minimum Gasteiger partial charge on any atom is -0.369 e. The number of anilines is 2. The van der Waals surface area contributed by atoms with E-state index in [0.29, 0.717) is 11.5 Å². The summed E-state index contributed by atoms with van der Waals surface area (Å²) in [5.41, 5.74) is 9.24. The van der Waals surface area contributed by atoms with Crippen LogP contribution >= 0.6 is 0 Å². The molecule has 2 amide bonds. The van der Waals surface area contributed by atoms with Crippen LogP contribution in [0.2, 0.25) is 0 Å². The molecule has 1 aliphatic heterocycles. The Balaban J connectivity index is 1.35. The van der Waals surface area contributed by atoms with Crippen molar-refractivity contribution in [1.82, 2.24) is 19.3 Å². The van der Waals surface area contributed by atoms with Gasteiger partial charge >= 0.3 is 0 Å². The fourth-order valence-corrected chi connectivity index (χ4v) is 4.39. The van der Waals surface area contributed by atoms with E-state index in [1.165, 1.54) is 12.8 Å². The zero-order chi connectivity index (χ0) is 22.4. The predicted molar refractivity (Wildman–Crippen MR) is 122 cm³/mol. The number of fused-ring (bicyclic) bond motifs is 1. The SMILES string of the molecule is Cc1cc(C)n2cc(C(=O)Nc3ccc(N4CCN(C5CC5)CC4)cc3C(N)=O)nc2n1. The van der Waals surface area contributed by atoms with Crippen molar-refractivity contribution in [2.75, 3.05) is 36.4 Å². The highest BCUT2D eigenvalue weighted by molar-refractivity contribution is 6.08.